The maximum absolute atomic E-state index is 9.30. The van der Waals surface area contributed by atoms with Gasteiger partial charge in [-0.25, -0.2) is 0 Å². The summed E-state index contributed by atoms with van der Waals surface area (Å²) in [5, 5.41) is 15.3. The van der Waals surface area contributed by atoms with E-state index in [0.29, 0.717) is 11.2 Å². The van der Waals surface area contributed by atoms with Crippen LogP contribution in [0.1, 0.15) is 32.0 Å². The molecular formula is C11H20N2OS. The summed E-state index contributed by atoms with van der Waals surface area (Å²) in [7, 11) is 1.93. The van der Waals surface area contributed by atoms with Gasteiger partial charge in [0, 0.05) is 17.9 Å². The Kier molecular flexibility index (Phi) is 4.22. The van der Waals surface area contributed by atoms with Gasteiger partial charge in [0.2, 0.25) is 0 Å². The molecule has 1 unspecified atom stereocenters. The third-order valence-corrected chi connectivity index (χ3v) is 4.33. The van der Waals surface area contributed by atoms with Crippen LogP contribution in [0.5, 0.6) is 0 Å². The van der Waals surface area contributed by atoms with E-state index in [0.717, 1.165) is 16.3 Å². The molecule has 0 aliphatic carbocycles. The summed E-state index contributed by atoms with van der Waals surface area (Å²) in [6.07, 6.45) is 0. The Morgan fingerprint density at radius 1 is 1.40 bits per heavy atom. The molecule has 1 aromatic heterocycles. The van der Waals surface area contributed by atoms with Crippen LogP contribution >= 0.6 is 11.8 Å². The zero-order chi connectivity index (χ0) is 11.6. The highest BCUT2D eigenvalue weighted by Gasteiger charge is 2.17. The third-order valence-electron chi connectivity index (χ3n) is 2.68. The van der Waals surface area contributed by atoms with Crippen molar-refractivity contribution in [3.8, 4) is 0 Å². The van der Waals surface area contributed by atoms with E-state index in [2.05, 4.69) is 25.9 Å². The number of aliphatic hydroxyl groups excluding tert-OH is 1. The predicted octanol–water partition coefficient (Wildman–Crippen LogP) is 2.36. The van der Waals surface area contributed by atoms with Crippen molar-refractivity contribution >= 4 is 11.8 Å². The van der Waals surface area contributed by atoms with Gasteiger partial charge in [-0.1, -0.05) is 20.8 Å². The average molecular weight is 228 g/mol. The lowest BCUT2D eigenvalue weighted by Crippen LogP contribution is -2.07. The van der Waals surface area contributed by atoms with Gasteiger partial charge in [-0.05, 0) is 12.8 Å². The third kappa shape index (κ3) is 2.75. The number of aliphatic hydroxyl groups is 1. The molecule has 1 rings (SSSR count). The second-order valence-electron chi connectivity index (χ2n) is 4.22. The quantitative estimate of drug-likeness (QED) is 0.804. The summed E-state index contributed by atoms with van der Waals surface area (Å²) < 4.78 is 1.87. The molecule has 4 heteroatoms. The molecular weight excluding hydrogens is 208 g/mol. The molecule has 0 radical (unpaired) electrons. The number of hydrogen-bond acceptors (Lipinski definition) is 3. The van der Waals surface area contributed by atoms with Crippen LogP contribution in [-0.2, 0) is 13.7 Å². The molecule has 0 saturated carbocycles. The fourth-order valence-corrected chi connectivity index (χ4v) is 2.49. The van der Waals surface area contributed by atoms with Crippen molar-refractivity contribution in [2.24, 2.45) is 13.0 Å². The Labute approximate surface area is 95.9 Å². The number of aromatic nitrogens is 2. The molecule has 0 aromatic carbocycles. The predicted molar refractivity (Wildman–Crippen MR) is 64.0 cm³/mol. The largest absolute Gasteiger partial charge is 0.392 e. The number of rotatable bonds is 4. The molecule has 0 aliphatic rings. The van der Waals surface area contributed by atoms with Gasteiger partial charge in [0.15, 0.2) is 0 Å². The van der Waals surface area contributed by atoms with Crippen LogP contribution in [-0.4, -0.2) is 20.1 Å². The van der Waals surface area contributed by atoms with E-state index in [1.165, 1.54) is 0 Å². The second-order valence-corrected chi connectivity index (χ2v) is 5.58. The number of nitrogens with zero attached hydrogens (tertiary/aromatic N) is 2. The highest BCUT2D eigenvalue weighted by molar-refractivity contribution is 7.99. The molecule has 3 nitrogen and oxygen atoms in total. The van der Waals surface area contributed by atoms with Crippen molar-refractivity contribution in [3.05, 3.63) is 11.3 Å². The lowest BCUT2D eigenvalue weighted by molar-refractivity contribution is 0.277. The first-order chi connectivity index (χ1) is 6.97. The van der Waals surface area contributed by atoms with E-state index in [4.69, 9.17) is 0 Å². The summed E-state index contributed by atoms with van der Waals surface area (Å²) in [6.45, 7) is 8.64. The van der Waals surface area contributed by atoms with Crippen molar-refractivity contribution in [2.75, 3.05) is 0 Å². The van der Waals surface area contributed by atoms with Crippen LogP contribution in [0.3, 0.4) is 0 Å². The number of hydrogen-bond donors (Lipinski definition) is 1. The van der Waals surface area contributed by atoms with Gasteiger partial charge in [0.25, 0.3) is 0 Å². The SMILES string of the molecule is Cc1nn(C)c(SC(C)C(C)C)c1CO. The maximum atomic E-state index is 9.30. The molecule has 0 aliphatic heterocycles. The minimum absolute atomic E-state index is 0.0762. The average Bonchev–Trinajstić information content (AvgIpc) is 2.41. The highest BCUT2D eigenvalue weighted by atomic mass is 32.2. The Bertz CT molecular complexity index is 334. The lowest BCUT2D eigenvalue weighted by Gasteiger charge is -2.15. The maximum Gasteiger partial charge on any atom is 0.0997 e. The number of aryl methyl sites for hydroxylation is 2. The monoisotopic (exact) mass is 228 g/mol. The van der Waals surface area contributed by atoms with E-state index in [1.807, 2.05) is 18.7 Å². The van der Waals surface area contributed by atoms with E-state index >= 15 is 0 Å². The van der Waals surface area contributed by atoms with Crippen LogP contribution in [0.15, 0.2) is 5.03 Å². The molecule has 1 N–H and O–H groups in total. The highest BCUT2D eigenvalue weighted by Crippen LogP contribution is 2.31. The van der Waals surface area contributed by atoms with Crippen LogP contribution < -0.4 is 0 Å². The van der Waals surface area contributed by atoms with Crippen molar-refractivity contribution in [3.63, 3.8) is 0 Å². The molecule has 0 amide bonds. The fourth-order valence-electron chi connectivity index (χ4n) is 1.32. The Balaban J connectivity index is 2.93. The topological polar surface area (TPSA) is 38.0 Å². The van der Waals surface area contributed by atoms with Crippen molar-refractivity contribution in [1.82, 2.24) is 9.78 Å². The van der Waals surface area contributed by atoms with Crippen molar-refractivity contribution in [1.29, 1.82) is 0 Å². The van der Waals surface area contributed by atoms with Crippen LogP contribution in [0.4, 0.5) is 0 Å². The zero-order valence-electron chi connectivity index (χ0n) is 10.1. The summed E-state index contributed by atoms with van der Waals surface area (Å²) in [5.74, 6) is 0.622. The summed E-state index contributed by atoms with van der Waals surface area (Å²) >= 11 is 1.79. The normalized spacial score (nSPS) is 13.5. The molecule has 15 heavy (non-hydrogen) atoms. The second kappa shape index (κ2) is 5.03. The fraction of sp³-hybridized carbons (Fsp3) is 0.727. The van der Waals surface area contributed by atoms with E-state index in [1.54, 1.807) is 11.8 Å². The van der Waals surface area contributed by atoms with Crippen LogP contribution in [0.25, 0.3) is 0 Å². The molecule has 0 bridgehead atoms. The molecule has 0 fully saturated rings. The van der Waals surface area contributed by atoms with E-state index in [-0.39, 0.29) is 6.61 Å². The van der Waals surface area contributed by atoms with Gasteiger partial charge in [0.1, 0.15) is 0 Å². The lowest BCUT2D eigenvalue weighted by atomic mass is 10.2. The molecule has 1 atom stereocenters. The van der Waals surface area contributed by atoms with Gasteiger partial charge in [0.05, 0.1) is 17.3 Å². The molecule has 86 valence electrons. The Hall–Kier alpha value is -0.480. The smallest absolute Gasteiger partial charge is 0.0997 e. The Morgan fingerprint density at radius 2 is 2.00 bits per heavy atom. The van der Waals surface area contributed by atoms with Crippen molar-refractivity contribution in [2.45, 2.75) is 44.6 Å². The Morgan fingerprint density at radius 3 is 2.47 bits per heavy atom. The summed E-state index contributed by atoms with van der Waals surface area (Å²) in [6, 6.07) is 0. The molecule has 1 aromatic rings. The van der Waals surface area contributed by atoms with E-state index < -0.39 is 0 Å². The first-order valence-electron chi connectivity index (χ1n) is 5.27. The van der Waals surface area contributed by atoms with Gasteiger partial charge in [-0.3, -0.25) is 4.68 Å². The van der Waals surface area contributed by atoms with Crippen molar-refractivity contribution < 1.29 is 5.11 Å². The van der Waals surface area contributed by atoms with Gasteiger partial charge in [-0.15, -0.1) is 11.8 Å². The van der Waals surface area contributed by atoms with Crippen LogP contribution in [0, 0.1) is 12.8 Å². The molecule has 1 heterocycles. The van der Waals surface area contributed by atoms with Crippen LogP contribution in [0.2, 0.25) is 0 Å². The minimum atomic E-state index is 0.0762. The van der Waals surface area contributed by atoms with Gasteiger partial charge < -0.3 is 5.11 Å². The summed E-state index contributed by atoms with van der Waals surface area (Å²) in [5.41, 5.74) is 1.90. The molecule has 0 saturated heterocycles. The van der Waals surface area contributed by atoms with Gasteiger partial charge in [-0.2, -0.15) is 5.10 Å². The number of thioether (sulfide) groups is 1. The van der Waals surface area contributed by atoms with Gasteiger partial charge >= 0.3 is 0 Å². The first kappa shape index (κ1) is 12.6. The summed E-state index contributed by atoms with van der Waals surface area (Å²) in [4.78, 5) is 0. The zero-order valence-corrected chi connectivity index (χ0v) is 10.9. The first-order valence-corrected chi connectivity index (χ1v) is 6.15. The minimum Gasteiger partial charge on any atom is -0.392 e. The standard InChI is InChI=1S/C11H20N2OS/c1-7(2)9(4)15-11-10(6-14)8(3)12-13(11)5/h7,9,14H,6H2,1-5H3. The van der Waals surface area contributed by atoms with E-state index in [9.17, 15) is 5.11 Å². The molecule has 0 spiro atoms.